The molecule has 0 atom stereocenters. The number of para-hydroxylation sites is 1. The van der Waals surface area contributed by atoms with Crippen molar-refractivity contribution in [3.8, 4) is 0 Å². The number of hydrogen-bond donors (Lipinski definition) is 2. The summed E-state index contributed by atoms with van der Waals surface area (Å²) in [6.07, 6.45) is 0. The molecular weight excluding hydrogens is 345 g/mol. The van der Waals surface area contributed by atoms with Crippen LogP contribution in [0.2, 0.25) is 10.0 Å². The first-order valence-electron chi connectivity index (χ1n) is 6.03. The highest BCUT2D eigenvalue weighted by Crippen LogP contribution is 2.37. The minimum atomic E-state index is -0.251. The number of anilines is 1. The van der Waals surface area contributed by atoms with E-state index in [1.165, 1.54) is 11.3 Å². The first-order valence-corrected chi connectivity index (χ1v) is 8.05. The van der Waals surface area contributed by atoms with Gasteiger partial charge in [0.25, 0.3) is 5.91 Å². The van der Waals surface area contributed by atoms with E-state index in [0.717, 1.165) is 10.1 Å². The van der Waals surface area contributed by atoms with Crippen LogP contribution in [0.25, 0.3) is 10.1 Å². The summed E-state index contributed by atoms with van der Waals surface area (Å²) in [5.41, 5.74) is 0.650. The Balaban J connectivity index is 1.98. The summed E-state index contributed by atoms with van der Waals surface area (Å²) in [5.74, 6) is -0.251. The molecule has 3 aromatic rings. The number of carbonyl (C=O) groups excluding carboxylic acids is 1. The number of benzene rings is 2. The van der Waals surface area contributed by atoms with Gasteiger partial charge >= 0.3 is 0 Å². The third kappa shape index (κ3) is 2.90. The molecule has 0 aliphatic carbocycles. The van der Waals surface area contributed by atoms with Crippen LogP contribution in [0.4, 0.5) is 5.69 Å². The van der Waals surface area contributed by atoms with E-state index in [1.807, 2.05) is 24.3 Å². The van der Waals surface area contributed by atoms with Crippen molar-refractivity contribution in [1.29, 1.82) is 0 Å². The van der Waals surface area contributed by atoms with Gasteiger partial charge in [0.2, 0.25) is 0 Å². The van der Waals surface area contributed by atoms with E-state index in [1.54, 1.807) is 18.2 Å². The van der Waals surface area contributed by atoms with Crippen molar-refractivity contribution in [3.05, 3.63) is 57.4 Å². The van der Waals surface area contributed by atoms with E-state index in [0.29, 0.717) is 25.5 Å². The number of carbonyl (C=O) groups is 1. The Morgan fingerprint density at radius 3 is 2.67 bits per heavy atom. The Hall–Kier alpha value is -1.20. The molecule has 2 nitrogen and oxygen atoms in total. The first kappa shape index (κ1) is 14.7. The molecule has 2 aromatic carbocycles. The van der Waals surface area contributed by atoms with E-state index in [2.05, 4.69) is 17.9 Å². The van der Waals surface area contributed by atoms with Crippen LogP contribution in [0.3, 0.4) is 0 Å². The van der Waals surface area contributed by atoms with E-state index >= 15 is 0 Å². The number of halogens is 2. The molecule has 0 bridgehead atoms. The van der Waals surface area contributed by atoms with Gasteiger partial charge in [-0.25, -0.2) is 0 Å². The maximum atomic E-state index is 12.4. The number of thiophene rings is 1. The van der Waals surface area contributed by atoms with Crippen molar-refractivity contribution in [2.75, 3.05) is 5.32 Å². The SMILES string of the molecule is O=C(Nc1ccccc1S)c1sc2cc(Cl)ccc2c1Cl. The summed E-state index contributed by atoms with van der Waals surface area (Å²) < 4.78 is 0.886. The monoisotopic (exact) mass is 353 g/mol. The maximum Gasteiger partial charge on any atom is 0.267 e. The van der Waals surface area contributed by atoms with Gasteiger partial charge in [-0.15, -0.1) is 24.0 Å². The van der Waals surface area contributed by atoms with Crippen LogP contribution in [0.1, 0.15) is 9.67 Å². The third-order valence-electron chi connectivity index (χ3n) is 2.95. The lowest BCUT2D eigenvalue weighted by Gasteiger charge is -2.06. The highest BCUT2D eigenvalue weighted by Gasteiger charge is 2.18. The van der Waals surface area contributed by atoms with Crippen molar-refractivity contribution in [2.24, 2.45) is 0 Å². The van der Waals surface area contributed by atoms with Crippen molar-refractivity contribution in [3.63, 3.8) is 0 Å². The molecular formula is C15H9Cl2NOS2. The van der Waals surface area contributed by atoms with Crippen molar-refractivity contribution < 1.29 is 4.79 Å². The fourth-order valence-electron chi connectivity index (χ4n) is 1.94. The molecule has 1 aromatic heterocycles. The van der Waals surface area contributed by atoms with Gasteiger partial charge in [-0.3, -0.25) is 4.79 Å². The lowest BCUT2D eigenvalue weighted by molar-refractivity contribution is 0.103. The molecule has 0 aliphatic rings. The summed E-state index contributed by atoms with van der Waals surface area (Å²) in [6, 6.07) is 12.7. The molecule has 6 heteroatoms. The van der Waals surface area contributed by atoms with Crippen LogP contribution in [0.15, 0.2) is 47.4 Å². The minimum absolute atomic E-state index is 0.251. The second kappa shape index (κ2) is 5.89. The van der Waals surface area contributed by atoms with Gasteiger partial charge in [0, 0.05) is 20.0 Å². The molecule has 0 radical (unpaired) electrons. The van der Waals surface area contributed by atoms with Gasteiger partial charge < -0.3 is 5.32 Å². The predicted molar refractivity (Wildman–Crippen MR) is 93.5 cm³/mol. The van der Waals surface area contributed by atoms with Gasteiger partial charge in [0.05, 0.1) is 10.7 Å². The highest BCUT2D eigenvalue weighted by atomic mass is 35.5. The summed E-state index contributed by atoms with van der Waals surface area (Å²) in [5, 5.41) is 4.71. The Morgan fingerprint density at radius 2 is 1.90 bits per heavy atom. The average molecular weight is 354 g/mol. The smallest absolute Gasteiger partial charge is 0.267 e. The molecule has 0 saturated carbocycles. The Bertz CT molecular complexity index is 845. The van der Waals surface area contributed by atoms with Crippen molar-refractivity contribution in [1.82, 2.24) is 0 Å². The Kier molecular flexibility index (Phi) is 4.13. The zero-order valence-electron chi connectivity index (χ0n) is 10.6. The number of hydrogen-bond acceptors (Lipinski definition) is 3. The van der Waals surface area contributed by atoms with Gasteiger partial charge in [-0.2, -0.15) is 0 Å². The third-order valence-corrected chi connectivity index (χ3v) is 5.23. The fraction of sp³-hybridized carbons (Fsp3) is 0. The summed E-state index contributed by atoms with van der Waals surface area (Å²) >= 11 is 17.9. The summed E-state index contributed by atoms with van der Waals surface area (Å²) in [6.45, 7) is 0. The molecule has 0 fully saturated rings. The Labute approximate surface area is 141 Å². The van der Waals surface area contributed by atoms with E-state index in [4.69, 9.17) is 23.2 Å². The van der Waals surface area contributed by atoms with Crippen LogP contribution in [0.5, 0.6) is 0 Å². The van der Waals surface area contributed by atoms with Crippen LogP contribution < -0.4 is 5.32 Å². The number of nitrogens with one attached hydrogen (secondary N) is 1. The fourth-order valence-corrected chi connectivity index (χ4v) is 3.85. The predicted octanol–water partition coefficient (Wildman–Crippen LogP) is 5.75. The van der Waals surface area contributed by atoms with Gasteiger partial charge in [0.1, 0.15) is 4.88 Å². The first-order chi connectivity index (χ1) is 10.1. The molecule has 1 N–H and O–H groups in total. The van der Waals surface area contributed by atoms with Crippen molar-refractivity contribution in [2.45, 2.75) is 4.90 Å². The average Bonchev–Trinajstić information content (AvgIpc) is 2.78. The molecule has 1 heterocycles. The number of rotatable bonds is 2. The van der Waals surface area contributed by atoms with E-state index in [9.17, 15) is 4.79 Å². The maximum absolute atomic E-state index is 12.4. The van der Waals surface area contributed by atoms with Gasteiger partial charge in [-0.1, -0.05) is 41.4 Å². The topological polar surface area (TPSA) is 29.1 Å². The van der Waals surface area contributed by atoms with Crippen LogP contribution in [-0.4, -0.2) is 5.91 Å². The molecule has 0 unspecified atom stereocenters. The molecule has 0 aliphatic heterocycles. The van der Waals surface area contributed by atoms with Crippen LogP contribution in [0, 0.1) is 0 Å². The zero-order valence-corrected chi connectivity index (χ0v) is 13.8. The molecule has 21 heavy (non-hydrogen) atoms. The molecule has 1 amide bonds. The van der Waals surface area contributed by atoms with Crippen molar-refractivity contribution >= 4 is 68.8 Å². The number of fused-ring (bicyclic) bond motifs is 1. The second-order valence-corrected chi connectivity index (χ2v) is 6.71. The Morgan fingerprint density at radius 1 is 1.14 bits per heavy atom. The lowest BCUT2D eigenvalue weighted by atomic mass is 10.2. The van der Waals surface area contributed by atoms with Gasteiger partial charge in [-0.05, 0) is 24.3 Å². The summed E-state index contributed by atoms with van der Waals surface area (Å²) in [7, 11) is 0. The van der Waals surface area contributed by atoms with Crippen LogP contribution >= 0.6 is 47.2 Å². The molecule has 0 saturated heterocycles. The molecule has 3 rings (SSSR count). The lowest BCUT2D eigenvalue weighted by Crippen LogP contribution is -2.11. The normalized spacial score (nSPS) is 10.8. The number of amides is 1. The quantitative estimate of drug-likeness (QED) is 0.564. The zero-order chi connectivity index (χ0) is 15.0. The summed E-state index contributed by atoms with van der Waals surface area (Å²) in [4.78, 5) is 13.6. The van der Waals surface area contributed by atoms with E-state index in [-0.39, 0.29) is 5.91 Å². The van der Waals surface area contributed by atoms with Gasteiger partial charge in [0.15, 0.2) is 0 Å². The molecule has 106 valence electrons. The minimum Gasteiger partial charge on any atom is -0.320 e. The molecule has 0 spiro atoms. The number of thiol groups is 1. The highest BCUT2D eigenvalue weighted by molar-refractivity contribution is 7.80. The second-order valence-electron chi connectivity index (χ2n) is 4.36. The standard InChI is InChI=1S/C15H9Cl2NOS2/c16-8-5-6-9-12(7-8)21-14(13(9)17)15(19)18-10-3-1-2-4-11(10)20/h1-7,20H,(H,18,19). The van der Waals surface area contributed by atoms with E-state index < -0.39 is 0 Å². The van der Waals surface area contributed by atoms with Crippen LogP contribution in [-0.2, 0) is 0 Å². The largest absolute Gasteiger partial charge is 0.320 e.